The zero-order chi connectivity index (χ0) is 10.6. The molecule has 3 rings (SSSR count). The van der Waals surface area contributed by atoms with Crippen molar-refractivity contribution in [2.75, 3.05) is 20.2 Å². The summed E-state index contributed by atoms with van der Waals surface area (Å²) in [5.41, 5.74) is 6.27. The molecule has 2 saturated carbocycles. The van der Waals surface area contributed by atoms with Crippen LogP contribution in [0.4, 0.5) is 0 Å². The molecule has 15 heavy (non-hydrogen) atoms. The van der Waals surface area contributed by atoms with Crippen molar-refractivity contribution in [3.05, 3.63) is 0 Å². The van der Waals surface area contributed by atoms with Gasteiger partial charge in [0.25, 0.3) is 0 Å². The number of hydrogen-bond acceptors (Lipinski definition) is 4. The molecule has 1 aliphatic heterocycles. The number of likely N-dealkylation sites (tertiary alicyclic amines) is 1. The van der Waals surface area contributed by atoms with Crippen LogP contribution in [-0.4, -0.2) is 42.8 Å². The molecular weight excluding hydrogens is 190 g/mol. The molecule has 5 unspecified atom stereocenters. The van der Waals surface area contributed by atoms with Gasteiger partial charge in [-0.25, -0.2) is 0 Å². The highest BCUT2D eigenvalue weighted by Crippen LogP contribution is 2.62. The highest BCUT2D eigenvalue weighted by molar-refractivity contribution is 5.30. The Hall–Kier alpha value is -0.630. The molecule has 0 aromatic carbocycles. The van der Waals surface area contributed by atoms with Gasteiger partial charge in [0.1, 0.15) is 0 Å². The van der Waals surface area contributed by atoms with E-state index in [-0.39, 0.29) is 11.6 Å². The van der Waals surface area contributed by atoms with Crippen LogP contribution in [0.25, 0.3) is 0 Å². The molecule has 82 valence electrons. The standard InChI is InChI=1S/C11H17N3O/c1-14-6-7-5-11(13)8(7)9(14)10(11)15-4-2-3-12/h7-10H,2,4-6,13H2,1H3. The molecule has 0 spiro atoms. The average Bonchev–Trinajstić information content (AvgIpc) is 2.37. The second-order valence-electron chi connectivity index (χ2n) is 5.23. The fraction of sp³-hybridized carbons (Fsp3) is 0.909. The molecule has 3 fully saturated rings. The Kier molecular flexibility index (Phi) is 1.88. The second kappa shape index (κ2) is 2.94. The summed E-state index contributed by atoms with van der Waals surface area (Å²) in [6.07, 6.45) is 1.74. The fourth-order valence-corrected chi connectivity index (χ4v) is 3.95. The number of nitriles is 1. The molecule has 5 atom stereocenters. The van der Waals surface area contributed by atoms with Gasteiger partial charge in [-0.2, -0.15) is 5.26 Å². The third-order valence-electron chi connectivity index (χ3n) is 4.49. The van der Waals surface area contributed by atoms with E-state index in [1.807, 2.05) is 0 Å². The summed E-state index contributed by atoms with van der Waals surface area (Å²) in [5, 5.41) is 8.48. The van der Waals surface area contributed by atoms with E-state index < -0.39 is 0 Å². The average molecular weight is 207 g/mol. The van der Waals surface area contributed by atoms with Gasteiger partial charge in [0.05, 0.1) is 25.2 Å². The first-order valence-corrected chi connectivity index (χ1v) is 5.66. The van der Waals surface area contributed by atoms with E-state index in [0.717, 1.165) is 12.3 Å². The van der Waals surface area contributed by atoms with Crippen LogP contribution in [0.1, 0.15) is 12.8 Å². The van der Waals surface area contributed by atoms with Crippen molar-refractivity contribution in [3.8, 4) is 6.07 Å². The van der Waals surface area contributed by atoms with E-state index in [0.29, 0.717) is 25.0 Å². The maximum atomic E-state index is 8.48. The van der Waals surface area contributed by atoms with Crippen molar-refractivity contribution < 1.29 is 4.74 Å². The van der Waals surface area contributed by atoms with Gasteiger partial charge in [-0.3, -0.25) is 0 Å². The number of ether oxygens (including phenoxy) is 1. The molecule has 0 amide bonds. The van der Waals surface area contributed by atoms with Crippen LogP contribution in [0.5, 0.6) is 0 Å². The monoisotopic (exact) mass is 207 g/mol. The highest BCUT2D eigenvalue weighted by atomic mass is 16.5. The van der Waals surface area contributed by atoms with Crippen molar-refractivity contribution in [1.82, 2.24) is 4.90 Å². The Balaban J connectivity index is 1.67. The summed E-state index contributed by atoms with van der Waals surface area (Å²) in [5.74, 6) is 1.47. The van der Waals surface area contributed by atoms with Gasteiger partial charge < -0.3 is 15.4 Å². The smallest absolute Gasteiger partial charge is 0.0916 e. The van der Waals surface area contributed by atoms with Crippen LogP contribution in [-0.2, 0) is 4.74 Å². The summed E-state index contributed by atoms with van der Waals surface area (Å²) >= 11 is 0. The molecule has 0 radical (unpaired) electrons. The third kappa shape index (κ3) is 1.01. The molecule has 0 aromatic rings. The van der Waals surface area contributed by atoms with Crippen molar-refractivity contribution in [3.63, 3.8) is 0 Å². The maximum absolute atomic E-state index is 8.48. The lowest BCUT2D eigenvalue weighted by Crippen LogP contribution is -2.82. The van der Waals surface area contributed by atoms with Crippen molar-refractivity contribution in [2.24, 2.45) is 17.6 Å². The SMILES string of the molecule is CN1CC2CC3(N)C(OCCC#N)C1C23. The predicted octanol–water partition coefficient (Wildman–Crippen LogP) is -0.0535. The predicted molar refractivity (Wildman–Crippen MR) is 54.9 cm³/mol. The number of hydrogen-bond donors (Lipinski definition) is 1. The van der Waals surface area contributed by atoms with Gasteiger partial charge in [-0.05, 0) is 19.4 Å². The third-order valence-corrected chi connectivity index (χ3v) is 4.49. The minimum absolute atomic E-state index is 0.0600. The Morgan fingerprint density at radius 2 is 2.47 bits per heavy atom. The zero-order valence-electron chi connectivity index (χ0n) is 9.02. The molecule has 1 saturated heterocycles. The van der Waals surface area contributed by atoms with Crippen LogP contribution in [0.2, 0.25) is 0 Å². The highest BCUT2D eigenvalue weighted by Gasteiger charge is 2.74. The van der Waals surface area contributed by atoms with Crippen LogP contribution in [0.3, 0.4) is 0 Å². The van der Waals surface area contributed by atoms with Gasteiger partial charge in [0, 0.05) is 24.0 Å². The zero-order valence-corrected chi connectivity index (χ0v) is 9.02. The summed E-state index contributed by atoms with van der Waals surface area (Å²) in [4.78, 5) is 2.38. The van der Waals surface area contributed by atoms with E-state index in [4.69, 9.17) is 15.7 Å². The topological polar surface area (TPSA) is 62.3 Å². The van der Waals surface area contributed by atoms with Crippen LogP contribution in [0, 0.1) is 23.2 Å². The molecule has 2 aliphatic carbocycles. The minimum Gasteiger partial charge on any atom is -0.374 e. The van der Waals surface area contributed by atoms with Gasteiger partial charge in [0.15, 0.2) is 0 Å². The Bertz CT molecular complexity index is 326. The van der Waals surface area contributed by atoms with Crippen molar-refractivity contribution in [1.29, 1.82) is 5.26 Å². The van der Waals surface area contributed by atoms with Crippen LogP contribution < -0.4 is 5.73 Å². The molecule has 3 aliphatic rings. The van der Waals surface area contributed by atoms with E-state index in [9.17, 15) is 0 Å². The van der Waals surface area contributed by atoms with Crippen molar-refractivity contribution >= 4 is 0 Å². The molecule has 1 heterocycles. The molecule has 0 aromatic heterocycles. The summed E-state index contributed by atoms with van der Waals surface area (Å²) in [7, 11) is 2.16. The number of likely N-dealkylation sites (N-methyl/N-ethyl adjacent to an activating group) is 1. The van der Waals surface area contributed by atoms with Crippen molar-refractivity contribution in [2.45, 2.75) is 30.5 Å². The van der Waals surface area contributed by atoms with E-state index in [1.54, 1.807) is 0 Å². The molecule has 4 heteroatoms. The normalized spacial score (nSPS) is 51.5. The van der Waals surface area contributed by atoms with E-state index >= 15 is 0 Å². The lowest BCUT2D eigenvalue weighted by Gasteiger charge is -2.66. The fourth-order valence-electron chi connectivity index (χ4n) is 3.95. The maximum Gasteiger partial charge on any atom is 0.0916 e. The first-order chi connectivity index (χ1) is 7.18. The van der Waals surface area contributed by atoms with Gasteiger partial charge in [-0.1, -0.05) is 0 Å². The van der Waals surface area contributed by atoms with Gasteiger partial charge in [0.2, 0.25) is 0 Å². The first kappa shape index (κ1) is 9.59. The summed E-state index contributed by atoms with van der Waals surface area (Å²) in [6.45, 7) is 1.70. The minimum atomic E-state index is -0.0600. The molecule has 2 N–H and O–H groups in total. The lowest BCUT2D eigenvalue weighted by atomic mass is 9.46. The number of rotatable bonds is 3. The quantitative estimate of drug-likeness (QED) is 0.659. The Labute approximate surface area is 90.0 Å². The van der Waals surface area contributed by atoms with E-state index in [2.05, 4.69) is 18.0 Å². The summed E-state index contributed by atoms with van der Waals surface area (Å²) < 4.78 is 5.77. The Morgan fingerprint density at radius 1 is 1.67 bits per heavy atom. The van der Waals surface area contributed by atoms with Crippen LogP contribution >= 0.6 is 0 Å². The molecular formula is C11H17N3O. The largest absolute Gasteiger partial charge is 0.374 e. The van der Waals surface area contributed by atoms with Crippen LogP contribution in [0.15, 0.2) is 0 Å². The van der Waals surface area contributed by atoms with E-state index in [1.165, 1.54) is 6.54 Å². The lowest BCUT2D eigenvalue weighted by molar-refractivity contribution is -0.192. The molecule has 0 bridgehead atoms. The number of nitrogens with two attached hydrogens (primary N) is 1. The second-order valence-corrected chi connectivity index (χ2v) is 5.23. The first-order valence-electron chi connectivity index (χ1n) is 5.66. The number of nitrogens with zero attached hydrogens (tertiary/aromatic N) is 2. The van der Waals surface area contributed by atoms with Gasteiger partial charge >= 0.3 is 0 Å². The molecule has 4 nitrogen and oxygen atoms in total. The Morgan fingerprint density at radius 3 is 3.20 bits per heavy atom. The summed E-state index contributed by atoms with van der Waals surface area (Å²) in [6, 6.07) is 2.62. The van der Waals surface area contributed by atoms with Gasteiger partial charge in [-0.15, -0.1) is 0 Å².